The highest BCUT2D eigenvalue weighted by atomic mass is 16.3. The second kappa shape index (κ2) is 6.69. The van der Waals surface area contributed by atoms with Crippen molar-refractivity contribution in [1.29, 1.82) is 0 Å². The molecule has 23 heavy (non-hydrogen) atoms. The van der Waals surface area contributed by atoms with E-state index in [1.807, 2.05) is 37.3 Å². The zero-order valence-corrected chi connectivity index (χ0v) is 13.1. The van der Waals surface area contributed by atoms with Gasteiger partial charge in [0, 0.05) is 6.54 Å². The summed E-state index contributed by atoms with van der Waals surface area (Å²) in [6.45, 7) is 2.53. The van der Waals surface area contributed by atoms with Crippen molar-refractivity contribution >= 4 is 11.8 Å². The molecule has 1 aromatic carbocycles. The minimum atomic E-state index is -0.432. The molecule has 5 heteroatoms. The SMILES string of the molecule is CC(NC(=O)C1CCCN1C(=O)c1ccco1)c1ccccc1. The standard InChI is InChI=1S/C18H20N2O3/c1-13(14-7-3-2-4-8-14)19-17(21)15-9-5-11-20(15)18(22)16-10-6-12-23-16/h2-4,6-8,10,12-13,15H,5,9,11H2,1H3,(H,19,21). The van der Waals surface area contributed by atoms with Gasteiger partial charge in [-0.2, -0.15) is 0 Å². The lowest BCUT2D eigenvalue weighted by Gasteiger charge is -2.25. The van der Waals surface area contributed by atoms with Crippen LogP contribution in [0.1, 0.15) is 41.9 Å². The maximum absolute atomic E-state index is 12.6. The zero-order valence-electron chi connectivity index (χ0n) is 13.1. The summed E-state index contributed by atoms with van der Waals surface area (Å²) in [5, 5.41) is 3.00. The zero-order chi connectivity index (χ0) is 16.2. The lowest BCUT2D eigenvalue weighted by molar-refractivity contribution is -0.125. The summed E-state index contributed by atoms with van der Waals surface area (Å²) in [7, 11) is 0. The Morgan fingerprint density at radius 3 is 2.70 bits per heavy atom. The Kier molecular flexibility index (Phi) is 4.46. The van der Waals surface area contributed by atoms with E-state index in [-0.39, 0.29) is 23.6 Å². The first kappa shape index (κ1) is 15.3. The Morgan fingerprint density at radius 1 is 1.22 bits per heavy atom. The van der Waals surface area contributed by atoms with Crippen LogP contribution in [0.4, 0.5) is 0 Å². The molecule has 5 nitrogen and oxygen atoms in total. The fourth-order valence-corrected chi connectivity index (χ4v) is 2.96. The molecule has 1 fully saturated rings. The Labute approximate surface area is 135 Å². The minimum absolute atomic E-state index is 0.0927. The van der Waals surface area contributed by atoms with Crippen LogP contribution in [0, 0.1) is 0 Å². The summed E-state index contributed by atoms with van der Waals surface area (Å²) >= 11 is 0. The second-order valence-electron chi connectivity index (χ2n) is 5.77. The molecular formula is C18H20N2O3. The smallest absolute Gasteiger partial charge is 0.290 e. The third-order valence-electron chi connectivity index (χ3n) is 4.21. The number of hydrogen-bond acceptors (Lipinski definition) is 3. The van der Waals surface area contributed by atoms with E-state index in [4.69, 9.17) is 4.42 Å². The molecule has 2 heterocycles. The summed E-state index contributed by atoms with van der Waals surface area (Å²) in [5.74, 6) is -0.0559. The number of rotatable bonds is 4. The van der Waals surface area contributed by atoms with Gasteiger partial charge in [0.05, 0.1) is 12.3 Å². The van der Waals surface area contributed by atoms with Gasteiger partial charge >= 0.3 is 0 Å². The van der Waals surface area contributed by atoms with Gasteiger partial charge < -0.3 is 14.6 Å². The second-order valence-corrected chi connectivity index (χ2v) is 5.77. The maximum atomic E-state index is 12.6. The van der Waals surface area contributed by atoms with Crippen LogP contribution in [-0.4, -0.2) is 29.3 Å². The Balaban J connectivity index is 1.67. The van der Waals surface area contributed by atoms with E-state index < -0.39 is 6.04 Å². The fourth-order valence-electron chi connectivity index (χ4n) is 2.96. The largest absolute Gasteiger partial charge is 0.459 e. The number of furan rings is 1. The molecule has 2 amide bonds. The van der Waals surface area contributed by atoms with Gasteiger partial charge in [-0.3, -0.25) is 9.59 Å². The van der Waals surface area contributed by atoms with E-state index in [0.29, 0.717) is 13.0 Å². The number of carbonyl (C=O) groups is 2. The van der Waals surface area contributed by atoms with Crippen LogP contribution in [0.5, 0.6) is 0 Å². The molecule has 0 saturated carbocycles. The van der Waals surface area contributed by atoms with Crippen molar-refractivity contribution in [2.75, 3.05) is 6.54 Å². The fraction of sp³-hybridized carbons (Fsp3) is 0.333. The first-order chi connectivity index (χ1) is 11.2. The molecule has 2 aromatic rings. The van der Waals surface area contributed by atoms with Gasteiger partial charge in [-0.15, -0.1) is 0 Å². The van der Waals surface area contributed by atoms with Gasteiger partial charge in [0.25, 0.3) is 5.91 Å². The van der Waals surface area contributed by atoms with Gasteiger partial charge in [0.1, 0.15) is 6.04 Å². The normalized spacial score (nSPS) is 18.7. The number of carbonyl (C=O) groups excluding carboxylic acids is 2. The van der Waals surface area contributed by atoms with E-state index in [0.717, 1.165) is 12.0 Å². The monoisotopic (exact) mass is 312 g/mol. The molecular weight excluding hydrogens is 292 g/mol. The first-order valence-corrected chi connectivity index (χ1v) is 7.86. The number of likely N-dealkylation sites (tertiary alicyclic amines) is 1. The third kappa shape index (κ3) is 3.28. The summed E-state index contributed by atoms with van der Waals surface area (Å²) in [6.07, 6.45) is 2.97. The molecule has 1 aliphatic heterocycles. The Morgan fingerprint density at radius 2 is 2.00 bits per heavy atom. The number of benzene rings is 1. The van der Waals surface area contributed by atoms with E-state index in [1.54, 1.807) is 17.0 Å². The van der Waals surface area contributed by atoms with Crippen molar-refractivity contribution in [3.05, 3.63) is 60.1 Å². The van der Waals surface area contributed by atoms with Crippen molar-refractivity contribution in [3.8, 4) is 0 Å². The summed E-state index contributed by atoms with van der Waals surface area (Å²) in [5.41, 5.74) is 1.04. The van der Waals surface area contributed by atoms with E-state index in [2.05, 4.69) is 5.32 Å². The molecule has 2 atom stereocenters. The molecule has 3 rings (SSSR count). The van der Waals surface area contributed by atoms with Crippen molar-refractivity contribution < 1.29 is 14.0 Å². The minimum Gasteiger partial charge on any atom is -0.459 e. The van der Waals surface area contributed by atoms with E-state index in [9.17, 15) is 9.59 Å². The van der Waals surface area contributed by atoms with Crippen LogP contribution >= 0.6 is 0 Å². The van der Waals surface area contributed by atoms with Crippen LogP contribution in [0.15, 0.2) is 53.1 Å². The van der Waals surface area contributed by atoms with Crippen molar-refractivity contribution in [3.63, 3.8) is 0 Å². The van der Waals surface area contributed by atoms with Crippen molar-refractivity contribution in [2.24, 2.45) is 0 Å². The predicted molar refractivity (Wildman–Crippen MR) is 85.8 cm³/mol. The van der Waals surface area contributed by atoms with Gasteiger partial charge in [0.15, 0.2) is 5.76 Å². The van der Waals surface area contributed by atoms with Crippen LogP contribution in [0.3, 0.4) is 0 Å². The summed E-state index contributed by atoms with van der Waals surface area (Å²) in [4.78, 5) is 26.6. The van der Waals surface area contributed by atoms with Gasteiger partial charge in [-0.05, 0) is 37.5 Å². The van der Waals surface area contributed by atoms with Crippen LogP contribution in [0.25, 0.3) is 0 Å². The topological polar surface area (TPSA) is 62.6 Å². The van der Waals surface area contributed by atoms with Crippen LogP contribution < -0.4 is 5.32 Å². The predicted octanol–water partition coefficient (Wildman–Crippen LogP) is 2.76. The van der Waals surface area contributed by atoms with Gasteiger partial charge in [0.2, 0.25) is 5.91 Å². The lowest BCUT2D eigenvalue weighted by Crippen LogP contribution is -2.46. The molecule has 0 bridgehead atoms. The summed E-state index contributed by atoms with van der Waals surface area (Å²) in [6, 6.07) is 12.6. The molecule has 1 saturated heterocycles. The first-order valence-electron chi connectivity index (χ1n) is 7.86. The maximum Gasteiger partial charge on any atom is 0.290 e. The van der Waals surface area contributed by atoms with E-state index in [1.165, 1.54) is 6.26 Å². The van der Waals surface area contributed by atoms with Crippen LogP contribution in [-0.2, 0) is 4.79 Å². The molecule has 2 unspecified atom stereocenters. The highest BCUT2D eigenvalue weighted by Gasteiger charge is 2.35. The highest BCUT2D eigenvalue weighted by molar-refractivity contribution is 5.96. The number of hydrogen-bond donors (Lipinski definition) is 1. The van der Waals surface area contributed by atoms with Crippen molar-refractivity contribution in [2.45, 2.75) is 31.8 Å². The number of nitrogens with zero attached hydrogens (tertiary/aromatic N) is 1. The molecule has 0 radical (unpaired) electrons. The van der Waals surface area contributed by atoms with E-state index >= 15 is 0 Å². The van der Waals surface area contributed by atoms with Gasteiger partial charge in [-0.25, -0.2) is 0 Å². The Hall–Kier alpha value is -2.56. The Bertz CT molecular complexity index is 667. The molecule has 0 aliphatic carbocycles. The highest BCUT2D eigenvalue weighted by Crippen LogP contribution is 2.22. The third-order valence-corrected chi connectivity index (χ3v) is 4.21. The molecule has 0 spiro atoms. The number of amides is 2. The lowest BCUT2D eigenvalue weighted by atomic mass is 10.1. The van der Waals surface area contributed by atoms with Crippen molar-refractivity contribution in [1.82, 2.24) is 10.2 Å². The molecule has 120 valence electrons. The quantitative estimate of drug-likeness (QED) is 0.944. The summed E-state index contributed by atoms with van der Waals surface area (Å²) < 4.78 is 5.16. The molecule has 1 aliphatic rings. The number of nitrogens with one attached hydrogen (secondary N) is 1. The molecule has 1 aromatic heterocycles. The molecule has 1 N–H and O–H groups in total. The average molecular weight is 312 g/mol. The van der Waals surface area contributed by atoms with Gasteiger partial charge in [-0.1, -0.05) is 30.3 Å². The van der Waals surface area contributed by atoms with Crippen LogP contribution in [0.2, 0.25) is 0 Å². The average Bonchev–Trinajstić information content (AvgIpc) is 3.26.